The first-order chi connectivity index (χ1) is 13.1. The smallest absolute Gasteiger partial charge is 0.338 e. The van der Waals surface area contributed by atoms with Crippen LogP contribution in [-0.4, -0.2) is 26.4 Å². The highest BCUT2D eigenvalue weighted by Gasteiger charge is 2.14. The predicted molar refractivity (Wildman–Crippen MR) is 107 cm³/mol. The SMILES string of the molecule is C/C=C(\C(=O)OC)c1ccc(COc2ccccc2C/C=N/OC)cc1C. The molecule has 0 heterocycles. The van der Waals surface area contributed by atoms with Gasteiger partial charge in [0.2, 0.25) is 0 Å². The molecule has 5 nitrogen and oxygen atoms in total. The lowest BCUT2D eigenvalue weighted by Crippen LogP contribution is -2.06. The van der Waals surface area contributed by atoms with Crippen molar-refractivity contribution in [2.45, 2.75) is 26.9 Å². The number of hydrogen-bond donors (Lipinski definition) is 0. The molecule has 27 heavy (non-hydrogen) atoms. The van der Waals surface area contributed by atoms with E-state index in [-0.39, 0.29) is 5.97 Å². The molecule has 2 aromatic carbocycles. The summed E-state index contributed by atoms with van der Waals surface area (Å²) in [6.45, 7) is 4.23. The van der Waals surface area contributed by atoms with E-state index < -0.39 is 0 Å². The molecule has 0 atom stereocenters. The number of allylic oxidation sites excluding steroid dienone is 1. The molecule has 0 aliphatic rings. The number of rotatable bonds is 8. The second-order valence-corrected chi connectivity index (χ2v) is 5.91. The van der Waals surface area contributed by atoms with Gasteiger partial charge >= 0.3 is 5.97 Å². The molecule has 2 aromatic rings. The minimum absolute atomic E-state index is 0.337. The number of esters is 1. The van der Waals surface area contributed by atoms with Crippen molar-refractivity contribution in [2.24, 2.45) is 5.16 Å². The molecule has 0 radical (unpaired) electrons. The number of aryl methyl sites for hydroxylation is 1. The summed E-state index contributed by atoms with van der Waals surface area (Å²) < 4.78 is 10.8. The third-order valence-electron chi connectivity index (χ3n) is 4.13. The van der Waals surface area contributed by atoms with E-state index in [9.17, 15) is 4.79 Å². The molecule has 2 rings (SSSR count). The van der Waals surface area contributed by atoms with Gasteiger partial charge in [0.1, 0.15) is 19.5 Å². The number of nitrogens with zero attached hydrogens (tertiary/aromatic N) is 1. The van der Waals surface area contributed by atoms with Crippen LogP contribution in [0.1, 0.15) is 29.2 Å². The Morgan fingerprint density at radius 2 is 1.93 bits per heavy atom. The van der Waals surface area contributed by atoms with Crippen molar-refractivity contribution < 1.29 is 19.1 Å². The zero-order chi connectivity index (χ0) is 19.6. The van der Waals surface area contributed by atoms with Gasteiger partial charge in [0.25, 0.3) is 0 Å². The maximum atomic E-state index is 11.9. The Labute approximate surface area is 160 Å². The van der Waals surface area contributed by atoms with Gasteiger partial charge in [-0.2, -0.15) is 0 Å². The van der Waals surface area contributed by atoms with E-state index in [1.165, 1.54) is 14.2 Å². The van der Waals surface area contributed by atoms with E-state index in [4.69, 9.17) is 14.3 Å². The van der Waals surface area contributed by atoms with Crippen molar-refractivity contribution in [1.29, 1.82) is 0 Å². The highest BCUT2D eigenvalue weighted by atomic mass is 16.6. The van der Waals surface area contributed by atoms with Crippen LogP contribution in [-0.2, 0) is 27.4 Å². The molecule has 0 bridgehead atoms. The molecule has 0 saturated heterocycles. The number of para-hydroxylation sites is 1. The fraction of sp³-hybridized carbons (Fsp3) is 0.273. The summed E-state index contributed by atoms with van der Waals surface area (Å²) in [6, 6.07) is 13.8. The molecule has 5 heteroatoms. The monoisotopic (exact) mass is 367 g/mol. The zero-order valence-corrected chi connectivity index (χ0v) is 16.2. The van der Waals surface area contributed by atoms with Crippen LogP contribution < -0.4 is 4.74 Å². The van der Waals surface area contributed by atoms with E-state index in [1.807, 2.05) is 56.3 Å². The zero-order valence-electron chi connectivity index (χ0n) is 16.2. The van der Waals surface area contributed by atoms with Gasteiger partial charge in [-0.15, -0.1) is 0 Å². The Balaban J connectivity index is 2.13. The highest BCUT2D eigenvalue weighted by molar-refractivity contribution is 6.16. The van der Waals surface area contributed by atoms with Gasteiger partial charge in [-0.3, -0.25) is 0 Å². The average Bonchev–Trinajstić information content (AvgIpc) is 2.69. The van der Waals surface area contributed by atoms with Gasteiger partial charge in [-0.1, -0.05) is 47.6 Å². The molecule has 0 aromatic heterocycles. The molecule has 0 aliphatic carbocycles. The number of oxime groups is 1. The molecule has 0 spiro atoms. The maximum Gasteiger partial charge on any atom is 0.338 e. The minimum atomic E-state index is -0.337. The Kier molecular flexibility index (Phi) is 7.62. The number of hydrogen-bond acceptors (Lipinski definition) is 5. The van der Waals surface area contributed by atoms with E-state index in [0.717, 1.165) is 28.0 Å². The fourth-order valence-electron chi connectivity index (χ4n) is 2.80. The molecule has 0 fully saturated rings. The quantitative estimate of drug-likeness (QED) is 0.302. The maximum absolute atomic E-state index is 11.9. The highest BCUT2D eigenvalue weighted by Crippen LogP contribution is 2.23. The van der Waals surface area contributed by atoms with Gasteiger partial charge in [-0.05, 0) is 42.2 Å². The van der Waals surface area contributed by atoms with E-state index in [1.54, 1.807) is 12.3 Å². The first-order valence-electron chi connectivity index (χ1n) is 8.71. The second kappa shape index (κ2) is 10.2. The van der Waals surface area contributed by atoms with Crippen LogP contribution in [0, 0.1) is 6.92 Å². The van der Waals surface area contributed by atoms with Gasteiger partial charge in [0, 0.05) is 12.6 Å². The van der Waals surface area contributed by atoms with Crippen molar-refractivity contribution in [3.63, 3.8) is 0 Å². The fourth-order valence-corrected chi connectivity index (χ4v) is 2.80. The predicted octanol–water partition coefficient (Wildman–Crippen LogP) is 4.33. The van der Waals surface area contributed by atoms with Gasteiger partial charge in [0.05, 0.1) is 12.7 Å². The lowest BCUT2D eigenvalue weighted by Gasteiger charge is -2.13. The molecule has 0 saturated carbocycles. The number of carbonyl (C=O) groups is 1. The molecule has 0 unspecified atom stereocenters. The summed E-state index contributed by atoms with van der Waals surface area (Å²) >= 11 is 0. The van der Waals surface area contributed by atoms with Gasteiger partial charge in [-0.25, -0.2) is 4.79 Å². The van der Waals surface area contributed by atoms with E-state index >= 15 is 0 Å². The summed E-state index contributed by atoms with van der Waals surface area (Å²) in [6.07, 6.45) is 4.10. The molecule has 0 amide bonds. The lowest BCUT2D eigenvalue weighted by atomic mass is 9.98. The summed E-state index contributed by atoms with van der Waals surface area (Å²) in [5.41, 5.74) is 4.48. The third kappa shape index (κ3) is 5.45. The number of ether oxygens (including phenoxy) is 2. The Bertz CT molecular complexity index is 840. The topological polar surface area (TPSA) is 57.1 Å². The van der Waals surface area contributed by atoms with Crippen molar-refractivity contribution in [1.82, 2.24) is 0 Å². The summed E-state index contributed by atoms with van der Waals surface area (Å²) in [4.78, 5) is 16.6. The Morgan fingerprint density at radius 3 is 2.59 bits per heavy atom. The van der Waals surface area contributed by atoms with Crippen LogP contribution in [0.25, 0.3) is 5.57 Å². The standard InChI is InChI=1S/C22H25NO4/c1-5-19(22(24)25-3)20-11-10-17(14-16(20)2)15-27-21-9-7-6-8-18(21)12-13-23-26-4/h5-11,13-14H,12,15H2,1-4H3/b19-5-,23-13+. The van der Waals surface area contributed by atoms with Gasteiger partial charge in [0.15, 0.2) is 0 Å². The number of carbonyl (C=O) groups excluding carboxylic acids is 1. The van der Waals surface area contributed by atoms with E-state index in [0.29, 0.717) is 18.6 Å². The van der Waals surface area contributed by atoms with Crippen LogP contribution in [0.15, 0.2) is 53.7 Å². The van der Waals surface area contributed by atoms with Crippen LogP contribution in [0.2, 0.25) is 0 Å². The largest absolute Gasteiger partial charge is 0.489 e. The van der Waals surface area contributed by atoms with Crippen LogP contribution in [0.3, 0.4) is 0 Å². The number of methoxy groups -OCH3 is 1. The molecular formula is C22H25NO4. The first-order valence-corrected chi connectivity index (χ1v) is 8.71. The van der Waals surface area contributed by atoms with Crippen LogP contribution in [0.5, 0.6) is 5.75 Å². The summed E-state index contributed by atoms with van der Waals surface area (Å²) in [7, 11) is 2.91. The van der Waals surface area contributed by atoms with Crippen LogP contribution in [0.4, 0.5) is 0 Å². The third-order valence-corrected chi connectivity index (χ3v) is 4.13. The van der Waals surface area contributed by atoms with Gasteiger partial charge < -0.3 is 14.3 Å². The van der Waals surface area contributed by atoms with Crippen molar-refractivity contribution in [3.05, 3.63) is 70.8 Å². The Morgan fingerprint density at radius 1 is 1.15 bits per heavy atom. The molecular weight excluding hydrogens is 342 g/mol. The molecule has 0 N–H and O–H groups in total. The average molecular weight is 367 g/mol. The Hall–Kier alpha value is -3.08. The van der Waals surface area contributed by atoms with Crippen molar-refractivity contribution in [2.75, 3.05) is 14.2 Å². The van der Waals surface area contributed by atoms with Crippen LogP contribution >= 0.6 is 0 Å². The first kappa shape index (κ1) is 20.2. The second-order valence-electron chi connectivity index (χ2n) is 5.91. The summed E-state index contributed by atoms with van der Waals surface area (Å²) in [5, 5.41) is 3.77. The van der Waals surface area contributed by atoms with E-state index in [2.05, 4.69) is 5.16 Å². The van der Waals surface area contributed by atoms with Crippen molar-refractivity contribution in [3.8, 4) is 5.75 Å². The lowest BCUT2D eigenvalue weighted by molar-refractivity contribution is -0.133. The van der Waals surface area contributed by atoms with Crippen molar-refractivity contribution >= 4 is 17.8 Å². The molecule has 0 aliphatic heterocycles. The molecule has 142 valence electrons. The number of benzene rings is 2. The minimum Gasteiger partial charge on any atom is -0.489 e. The normalized spacial score (nSPS) is 11.5. The summed E-state index contributed by atoms with van der Waals surface area (Å²) in [5.74, 6) is 0.474.